The molecule has 0 aliphatic carbocycles. The molecule has 1 heterocycles. The van der Waals surface area contributed by atoms with Gasteiger partial charge >= 0.3 is 0 Å². The van der Waals surface area contributed by atoms with E-state index in [1.54, 1.807) is 24.4 Å². The van der Waals surface area contributed by atoms with Crippen molar-refractivity contribution >= 4 is 0 Å². The standard InChI is InChI=1S/C11H12FN3O/c12-10-5-1-2-6-11(10)15-8-9(13-14-15)4-3-7-16/h1-2,5-6,8,16H,3-4,7H2. The average Bonchev–Trinajstić information content (AvgIpc) is 2.75. The third kappa shape index (κ3) is 2.25. The first-order valence-electron chi connectivity index (χ1n) is 5.08. The lowest BCUT2D eigenvalue weighted by Crippen LogP contribution is -1.97. The molecule has 0 radical (unpaired) electrons. The number of aryl methyl sites for hydroxylation is 1. The maximum absolute atomic E-state index is 13.4. The first kappa shape index (κ1) is 10.8. The van der Waals surface area contributed by atoms with Crippen LogP contribution in [0.2, 0.25) is 0 Å². The highest BCUT2D eigenvalue weighted by atomic mass is 19.1. The highest BCUT2D eigenvalue weighted by Crippen LogP contribution is 2.11. The number of hydrogen-bond donors (Lipinski definition) is 1. The first-order chi connectivity index (χ1) is 7.81. The Labute approximate surface area is 92.3 Å². The maximum atomic E-state index is 13.4. The fraction of sp³-hybridized carbons (Fsp3) is 0.273. The molecule has 1 N–H and O–H groups in total. The van der Waals surface area contributed by atoms with Gasteiger partial charge in [0, 0.05) is 6.61 Å². The molecule has 2 rings (SSSR count). The lowest BCUT2D eigenvalue weighted by Gasteiger charge is -2.00. The molecule has 4 nitrogen and oxygen atoms in total. The fourth-order valence-electron chi connectivity index (χ4n) is 1.43. The molecule has 84 valence electrons. The second-order valence-electron chi connectivity index (χ2n) is 3.43. The summed E-state index contributed by atoms with van der Waals surface area (Å²) in [6.45, 7) is 0.118. The van der Waals surface area contributed by atoms with Crippen molar-refractivity contribution in [2.45, 2.75) is 12.8 Å². The third-order valence-electron chi connectivity index (χ3n) is 2.23. The van der Waals surface area contributed by atoms with Gasteiger partial charge in [-0.3, -0.25) is 0 Å². The molecule has 0 spiro atoms. The molecule has 0 amide bonds. The van der Waals surface area contributed by atoms with Crippen LogP contribution in [0.5, 0.6) is 0 Å². The summed E-state index contributed by atoms with van der Waals surface area (Å²) < 4.78 is 14.8. The molecule has 0 unspecified atom stereocenters. The lowest BCUT2D eigenvalue weighted by molar-refractivity contribution is 0.288. The van der Waals surface area contributed by atoms with Crippen LogP contribution in [0.15, 0.2) is 30.5 Å². The minimum atomic E-state index is -0.332. The third-order valence-corrected chi connectivity index (χ3v) is 2.23. The van der Waals surface area contributed by atoms with Crippen molar-refractivity contribution in [2.24, 2.45) is 0 Å². The number of benzene rings is 1. The molecule has 16 heavy (non-hydrogen) atoms. The van der Waals surface area contributed by atoms with Gasteiger partial charge in [-0.25, -0.2) is 9.07 Å². The zero-order valence-electron chi connectivity index (χ0n) is 8.67. The summed E-state index contributed by atoms with van der Waals surface area (Å²) in [4.78, 5) is 0. The van der Waals surface area contributed by atoms with Crippen LogP contribution in [0, 0.1) is 5.82 Å². The van der Waals surface area contributed by atoms with Crippen molar-refractivity contribution in [1.29, 1.82) is 0 Å². The molecule has 0 aliphatic rings. The van der Waals surface area contributed by atoms with Gasteiger partial charge in [-0.1, -0.05) is 17.3 Å². The van der Waals surface area contributed by atoms with Crippen LogP contribution in [0.1, 0.15) is 12.1 Å². The van der Waals surface area contributed by atoms with Gasteiger partial charge in [-0.2, -0.15) is 0 Å². The molecule has 5 heteroatoms. The van der Waals surface area contributed by atoms with Crippen molar-refractivity contribution < 1.29 is 9.50 Å². The largest absolute Gasteiger partial charge is 0.396 e. The lowest BCUT2D eigenvalue weighted by atomic mass is 10.2. The molecule has 0 atom stereocenters. The summed E-state index contributed by atoms with van der Waals surface area (Å²) in [6, 6.07) is 6.39. The smallest absolute Gasteiger partial charge is 0.148 e. The van der Waals surface area contributed by atoms with E-state index in [4.69, 9.17) is 5.11 Å². The first-order valence-corrected chi connectivity index (χ1v) is 5.08. The predicted molar refractivity (Wildman–Crippen MR) is 56.7 cm³/mol. The van der Waals surface area contributed by atoms with Crippen LogP contribution >= 0.6 is 0 Å². The van der Waals surface area contributed by atoms with E-state index in [2.05, 4.69) is 10.3 Å². The van der Waals surface area contributed by atoms with Crippen LogP contribution < -0.4 is 0 Å². The van der Waals surface area contributed by atoms with Crippen molar-refractivity contribution in [1.82, 2.24) is 15.0 Å². The Kier molecular flexibility index (Phi) is 3.26. The van der Waals surface area contributed by atoms with Crippen LogP contribution in [-0.2, 0) is 6.42 Å². The Hall–Kier alpha value is -1.75. The normalized spacial score (nSPS) is 10.6. The molecule has 0 aliphatic heterocycles. The van der Waals surface area contributed by atoms with Crippen LogP contribution in [0.3, 0.4) is 0 Å². The minimum Gasteiger partial charge on any atom is -0.396 e. The quantitative estimate of drug-likeness (QED) is 0.847. The molecule has 0 saturated heterocycles. The van der Waals surface area contributed by atoms with Gasteiger partial charge in [-0.05, 0) is 25.0 Å². The van der Waals surface area contributed by atoms with E-state index < -0.39 is 0 Å². The molecule has 1 aromatic heterocycles. The van der Waals surface area contributed by atoms with Crippen LogP contribution in [-0.4, -0.2) is 26.7 Å². The highest BCUT2D eigenvalue weighted by molar-refractivity contribution is 5.32. The molecule has 0 fully saturated rings. The summed E-state index contributed by atoms with van der Waals surface area (Å²) in [5.74, 6) is -0.332. The van der Waals surface area contributed by atoms with Gasteiger partial charge < -0.3 is 5.11 Å². The van der Waals surface area contributed by atoms with Gasteiger partial charge in [0.2, 0.25) is 0 Å². The molecule has 2 aromatic rings. The topological polar surface area (TPSA) is 50.9 Å². The number of aliphatic hydroxyl groups is 1. The highest BCUT2D eigenvalue weighted by Gasteiger charge is 2.06. The second-order valence-corrected chi connectivity index (χ2v) is 3.43. The van der Waals surface area contributed by atoms with Crippen molar-refractivity contribution in [3.05, 3.63) is 42.0 Å². The Balaban J connectivity index is 2.22. The molecule has 0 bridgehead atoms. The van der Waals surface area contributed by atoms with E-state index in [1.807, 2.05) is 0 Å². The van der Waals surface area contributed by atoms with Crippen molar-refractivity contribution in [2.75, 3.05) is 6.61 Å². The number of halogens is 1. The van der Waals surface area contributed by atoms with Gasteiger partial charge in [0.1, 0.15) is 11.5 Å². The Bertz CT molecular complexity index is 470. The van der Waals surface area contributed by atoms with Crippen LogP contribution in [0.25, 0.3) is 5.69 Å². The molecule has 1 aromatic carbocycles. The van der Waals surface area contributed by atoms with E-state index in [9.17, 15) is 4.39 Å². The number of aliphatic hydroxyl groups excluding tert-OH is 1. The fourth-order valence-corrected chi connectivity index (χ4v) is 1.43. The van der Waals surface area contributed by atoms with E-state index in [-0.39, 0.29) is 12.4 Å². The number of nitrogens with zero attached hydrogens (tertiary/aromatic N) is 3. The van der Waals surface area contributed by atoms with Crippen LogP contribution in [0.4, 0.5) is 4.39 Å². The summed E-state index contributed by atoms with van der Waals surface area (Å²) in [7, 11) is 0. The summed E-state index contributed by atoms with van der Waals surface area (Å²) in [5.41, 5.74) is 1.13. The number of rotatable bonds is 4. The van der Waals surface area contributed by atoms with Gasteiger partial charge in [0.15, 0.2) is 0 Å². The van der Waals surface area contributed by atoms with E-state index in [0.717, 1.165) is 5.69 Å². The molecule has 0 saturated carbocycles. The van der Waals surface area contributed by atoms with E-state index >= 15 is 0 Å². The maximum Gasteiger partial charge on any atom is 0.148 e. The number of para-hydroxylation sites is 1. The zero-order chi connectivity index (χ0) is 11.4. The van der Waals surface area contributed by atoms with Gasteiger partial charge in [0.25, 0.3) is 0 Å². The van der Waals surface area contributed by atoms with E-state index in [1.165, 1.54) is 10.7 Å². The van der Waals surface area contributed by atoms with Gasteiger partial charge in [-0.15, -0.1) is 5.10 Å². The predicted octanol–water partition coefficient (Wildman–Crippen LogP) is 1.33. The minimum absolute atomic E-state index is 0.118. The zero-order valence-corrected chi connectivity index (χ0v) is 8.67. The second kappa shape index (κ2) is 4.85. The Morgan fingerprint density at radius 3 is 2.88 bits per heavy atom. The summed E-state index contributed by atoms with van der Waals surface area (Å²) in [5, 5.41) is 16.4. The van der Waals surface area contributed by atoms with Crippen molar-refractivity contribution in [3.63, 3.8) is 0 Å². The Morgan fingerprint density at radius 2 is 2.12 bits per heavy atom. The van der Waals surface area contributed by atoms with Crippen molar-refractivity contribution in [3.8, 4) is 5.69 Å². The summed E-state index contributed by atoms with van der Waals surface area (Å²) in [6.07, 6.45) is 2.95. The number of aromatic nitrogens is 3. The molecular weight excluding hydrogens is 209 g/mol. The SMILES string of the molecule is OCCCc1cn(-c2ccccc2F)nn1. The molecular formula is C11H12FN3O. The Morgan fingerprint density at radius 1 is 1.31 bits per heavy atom. The monoisotopic (exact) mass is 221 g/mol. The van der Waals surface area contributed by atoms with E-state index in [0.29, 0.717) is 18.5 Å². The number of hydrogen-bond acceptors (Lipinski definition) is 3. The van der Waals surface area contributed by atoms with Gasteiger partial charge in [0.05, 0.1) is 11.9 Å². The summed E-state index contributed by atoms with van der Waals surface area (Å²) >= 11 is 0. The average molecular weight is 221 g/mol.